The van der Waals surface area contributed by atoms with Crippen LogP contribution in [0.25, 0.3) is 5.57 Å². The average molecular weight is 463 g/mol. The first-order chi connectivity index (χ1) is 12.6. The summed E-state index contributed by atoms with van der Waals surface area (Å²) in [5.41, 5.74) is 10.1. The second-order valence-corrected chi connectivity index (χ2v) is 11.1. The second kappa shape index (κ2) is 7.29. The van der Waals surface area contributed by atoms with Crippen molar-refractivity contribution in [3.8, 4) is 0 Å². The Hall–Kier alpha value is -0.683. The quantitative estimate of drug-likeness (QED) is 0.526. The molecule has 0 spiro atoms. The Morgan fingerprint density at radius 3 is 1.96 bits per heavy atom. The van der Waals surface area contributed by atoms with Gasteiger partial charge in [-0.2, -0.15) is 0 Å². The molecule has 0 amide bonds. The molecule has 1 nitrogen and oxygen atoms in total. The highest BCUT2D eigenvalue weighted by Crippen LogP contribution is 2.56. The number of benzene rings is 1. The summed E-state index contributed by atoms with van der Waals surface area (Å²) in [4.78, 5) is 6.91. The molecule has 0 radical (unpaired) electrons. The van der Waals surface area contributed by atoms with Gasteiger partial charge in [0.05, 0.1) is 15.9 Å². The molecule has 27 heavy (non-hydrogen) atoms. The van der Waals surface area contributed by atoms with E-state index in [0.29, 0.717) is 11.8 Å². The SMILES string of the molecule is CC1=C(C)C(N[SiH3])(c2c(C(C)C)cc(Br)cc2C(C)C)c2sc(C)c(C)c21. The Balaban J connectivity index is 2.51. The van der Waals surface area contributed by atoms with Crippen LogP contribution in [0.2, 0.25) is 0 Å². The maximum absolute atomic E-state index is 3.96. The predicted octanol–water partition coefficient (Wildman–Crippen LogP) is 6.29. The Kier molecular flexibility index (Phi) is 5.68. The molecule has 1 aromatic carbocycles. The zero-order valence-electron chi connectivity index (χ0n) is 18.1. The first-order valence-corrected chi connectivity index (χ1v) is 12.5. The van der Waals surface area contributed by atoms with Gasteiger partial charge in [-0.1, -0.05) is 43.6 Å². The zero-order valence-corrected chi connectivity index (χ0v) is 22.5. The summed E-state index contributed by atoms with van der Waals surface area (Å²) in [5.74, 6) is 0.947. The Labute approximate surface area is 180 Å². The second-order valence-electron chi connectivity index (χ2n) is 8.51. The molecule has 0 aliphatic heterocycles. The van der Waals surface area contributed by atoms with E-state index in [1.165, 1.54) is 53.2 Å². The van der Waals surface area contributed by atoms with E-state index < -0.39 is 0 Å². The highest BCUT2D eigenvalue weighted by Gasteiger charge is 2.47. The van der Waals surface area contributed by atoms with E-state index in [0.717, 1.165) is 10.4 Å². The van der Waals surface area contributed by atoms with Gasteiger partial charge in [0.2, 0.25) is 0 Å². The number of thiophene rings is 1. The lowest BCUT2D eigenvalue weighted by atomic mass is 9.75. The fraction of sp³-hybridized carbons (Fsp3) is 0.478. The van der Waals surface area contributed by atoms with Gasteiger partial charge in [0.15, 0.2) is 0 Å². The molecule has 1 aliphatic rings. The van der Waals surface area contributed by atoms with Gasteiger partial charge in [0.25, 0.3) is 0 Å². The van der Waals surface area contributed by atoms with Crippen molar-refractivity contribution < 1.29 is 0 Å². The maximum Gasteiger partial charge on any atom is 0.0951 e. The number of hydrogen-bond acceptors (Lipinski definition) is 2. The third-order valence-corrected chi connectivity index (χ3v) is 8.92. The number of aryl methyl sites for hydroxylation is 1. The first-order valence-electron chi connectivity index (χ1n) is 9.89. The molecule has 1 aromatic heterocycles. The summed E-state index contributed by atoms with van der Waals surface area (Å²) in [7, 11) is 0.942. The first kappa shape index (κ1) is 21.0. The normalized spacial score (nSPS) is 19.7. The maximum atomic E-state index is 3.96. The van der Waals surface area contributed by atoms with Crippen LogP contribution in [-0.2, 0) is 5.54 Å². The standard InChI is InChI=1S/C23H32BrNSSi/c1-11(2)18-9-17(24)10-19(12(3)4)21(18)23(25-27)15(7)13(5)20-14(6)16(8)26-22(20)23/h9-12,25H,1-8,27H3. The van der Waals surface area contributed by atoms with E-state index in [4.69, 9.17) is 0 Å². The third-order valence-electron chi connectivity index (χ3n) is 6.38. The van der Waals surface area contributed by atoms with Gasteiger partial charge in [0.1, 0.15) is 0 Å². The number of nitrogens with one attached hydrogen (secondary N) is 1. The number of fused-ring (bicyclic) bond motifs is 1. The summed E-state index contributed by atoms with van der Waals surface area (Å²) in [6.45, 7) is 18.5. The lowest BCUT2D eigenvalue weighted by molar-refractivity contribution is 0.576. The summed E-state index contributed by atoms with van der Waals surface area (Å²) < 4.78 is 1.19. The van der Waals surface area contributed by atoms with Crippen LogP contribution < -0.4 is 4.98 Å². The fourth-order valence-corrected chi connectivity index (χ4v) is 7.73. The van der Waals surface area contributed by atoms with Crippen molar-refractivity contribution in [3.63, 3.8) is 0 Å². The van der Waals surface area contributed by atoms with Crippen LogP contribution in [0, 0.1) is 13.8 Å². The molecular weight excluding hydrogens is 430 g/mol. The molecule has 1 unspecified atom stereocenters. The largest absolute Gasteiger partial charge is 0.329 e. The molecule has 1 aliphatic carbocycles. The Morgan fingerprint density at radius 2 is 1.52 bits per heavy atom. The van der Waals surface area contributed by atoms with Crippen LogP contribution in [-0.4, -0.2) is 10.4 Å². The van der Waals surface area contributed by atoms with E-state index in [9.17, 15) is 0 Å². The van der Waals surface area contributed by atoms with Crippen molar-refractivity contribution in [2.24, 2.45) is 0 Å². The van der Waals surface area contributed by atoms with Gasteiger partial charge in [-0.3, -0.25) is 0 Å². The summed E-state index contributed by atoms with van der Waals surface area (Å²) in [6, 6.07) is 4.70. The lowest BCUT2D eigenvalue weighted by Gasteiger charge is -2.38. The van der Waals surface area contributed by atoms with Crippen molar-refractivity contribution in [1.82, 2.24) is 4.98 Å². The Bertz CT molecular complexity index is 909. The van der Waals surface area contributed by atoms with E-state index in [-0.39, 0.29) is 5.54 Å². The minimum absolute atomic E-state index is 0.171. The van der Waals surface area contributed by atoms with Crippen molar-refractivity contribution >= 4 is 43.2 Å². The summed E-state index contributed by atoms with van der Waals surface area (Å²) in [5, 5.41) is 0. The molecule has 0 bridgehead atoms. The number of hydrogen-bond donors (Lipinski definition) is 1. The fourth-order valence-electron chi connectivity index (χ4n) is 4.70. The monoisotopic (exact) mass is 461 g/mol. The molecule has 1 N–H and O–H groups in total. The molecule has 0 fully saturated rings. The van der Waals surface area contributed by atoms with Gasteiger partial charge in [-0.05, 0) is 90.6 Å². The van der Waals surface area contributed by atoms with Crippen LogP contribution in [0.3, 0.4) is 0 Å². The highest BCUT2D eigenvalue weighted by molar-refractivity contribution is 9.10. The molecule has 0 saturated heterocycles. The van der Waals surface area contributed by atoms with Gasteiger partial charge in [-0.15, -0.1) is 11.3 Å². The summed E-state index contributed by atoms with van der Waals surface area (Å²) >= 11 is 5.77. The topological polar surface area (TPSA) is 12.0 Å². The van der Waals surface area contributed by atoms with E-state index in [1.807, 2.05) is 11.3 Å². The summed E-state index contributed by atoms with van der Waals surface area (Å²) in [6.07, 6.45) is 0. The predicted molar refractivity (Wildman–Crippen MR) is 128 cm³/mol. The molecular formula is C23H32BrNSSi. The van der Waals surface area contributed by atoms with Crippen LogP contribution in [0.4, 0.5) is 0 Å². The third kappa shape index (κ3) is 2.95. The molecule has 1 heterocycles. The molecule has 146 valence electrons. The van der Waals surface area contributed by atoms with Crippen molar-refractivity contribution in [2.75, 3.05) is 0 Å². The number of rotatable bonds is 4. The van der Waals surface area contributed by atoms with Crippen molar-refractivity contribution in [3.05, 3.63) is 59.8 Å². The average Bonchev–Trinajstić information content (AvgIpc) is 3.00. The minimum Gasteiger partial charge on any atom is -0.329 e. The van der Waals surface area contributed by atoms with Crippen molar-refractivity contribution in [1.29, 1.82) is 0 Å². The van der Waals surface area contributed by atoms with Gasteiger partial charge in [0, 0.05) is 14.2 Å². The zero-order chi connectivity index (χ0) is 20.3. The molecule has 4 heteroatoms. The van der Waals surface area contributed by atoms with Crippen LogP contribution in [0.15, 0.2) is 22.2 Å². The highest BCUT2D eigenvalue weighted by atomic mass is 79.9. The van der Waals surface area contributed by atoms with E-state index >= 15 is 0 Å². The van der Waals surface area contributed by atoms with Crippen LogP contribution in [0.1, 0.15) is 90.9 Å². The van der Waals surface area contributed by atoms with Crippen LogP contribution >= 0.6 is 27.3 Å². The molecule has 0 saturated carbocycles. The molecule has 3 rings (SSSR count). The van der Waals surface area contributed by atoms with E-state index in [2.05, 4.69) is 88.4 Å². The molecule has 1 atom stereocenters. The smallest absolute Gasteiger partial charge is 0.0951 e. The number of halogens is 1. The molecule has 2 aromatic rings. The number of allylic oxidation sites excluding steroid dienone is 1. The van der Waals surface area contributed by atoms with Gasteiger partial charge in [-0.25, -0.2) is 0 Å². The lowest BCUT2D eigenvalue weighted by Crippen LogP contribution is -2.43. The van der Waals surface area contributed by atoms with Crippen molar-refractivity contribution in [2.45, 2.75) is 72.8 Å². The van der Waals surface area contributed by atoms with E-state index in [1.54, 1.807) is 0 Å². The van der Waals surface area contributed by atoms with Crippen LogP contribution in [0.5, 0.6) is 0 Å². The van der Waals surface area contributed by atoms with Gasteiger partial charge >= 0.3 is 0 Å². The minimum atomic E-state index is -0.171. The Morgan fingerprint density at radius 1 is 1.00 bits per heavy atom. The van der Waals surface area contributed by atoms with Gasteiger partial charge < -0.3 is 4.98 Å².